The van der Waals surface area contributed by atoms with Crippen LogP contribution in [0.3, 0.4) is 0 Å². The minimum Gasteiger partial charge on any atom is -0.543 e. The fraction of sp³-hybridized carbons (Fsp3) is 0.364. The Hall–Kier alpha value is -1.49. The number of rotatable bonds is 3. The summed E-state index contributed by atoms with van der Waals surface area (Å²) in [4.78, 5) is 11.3. The molecule has 0 aliphatic heterocycles. The lowest BCUT2D eigenvalue weighted by Crippen LogP contribution is -2.29. The number of hydrogen-bond donors (Lipinski definition) is 1. The van der Waals surface area contributed by atoms with Gasteiger partial charge in [0, 0.05) is 0 Å². The molecule has 0 aromatic heterocycles. The zero-order valence-electron chi connectivity index (χ0n) is 10.0. The second-order valence-electron chi connectivity index (χ2n) is 4.46. The van der Waals surface area contributed by atoms with E-state index in [0.717, 1.165) is 0 Å². The second-order valence-corrected chi connectivity index (χ2v) is 8.89. The molecule has 0 atom stereocenters. The molecule has 0 unspecified atom stereocenters. The van der Waals surface area contributed by atoms with E-state index in [1.165, 1.54) is 7.11 Å². The van der Waals surface area contributed by atoms with Gasteiger partial charge in [0.25, 0.3) is 0 Å². The lowest BCUT2D eigenvalue weighted by molar-refractivity contribution is 0.0601. The highest BCUT2D eigenvalue weighted by atomic mass is 28.4. The fourth-order valence-electron chi connectivity index (χ4n) is 1.22. The van der Waals surface area contributed by atoms with Crippen molar-refractivity contribution in [2.45, 2.75) is 19.6 Å². The Kier molecular flexibility index (Phi) is 3.59. The Labute approximate surface area is 96.5 Å². The van der Waals surface area contributed by atoms with Crippen molar-refractivity contribution in [2.75, 3.05) is 12.8 Å². The van der Waals surface area contributed by atoms with E-state index < -0.39 is 14.3 Å². The highest BCUT2D eigenvalue weighted by molar-refractivity contribution is 6.70. The molecule has 0 bridgehead atoms. The maximum atomic E-state index is 11.3. The highest BCUT2D eigenvalue weighted by Gasteiger charge is 2.18. The molecule has 1 rings (SSSR count). The molecule has 1 aromatic rings. The molecule has 2 N–H and O–H groups in total. The van der Waals surface area contributed by atoms with Gasteiger partial charge < -0.3 is 14.9 Å². The number of methoxy groups -OCH3 is 1. The van der Waals surface area contributed by atoms with E-state index in [1.54, 1.807) is 18.2 Å². The first-order valence-corrected chi connectivity index (χ1v) is 8.41. The molecule has 0 saturated carbocycles. The first kappa shape index (κ1) is 12.6. The van der Waals surface area contributed by atoms with Crippen LogP contribution in [0.4, 0.5) is 5.69 Å². The quantitative estimate of drug-likeness (QED) is 0.499. The number of hydrogen-bond acceptors (Lipinski definition) is 4. The van der Waals surface area contributed by atoms with E-state index in [4.69, 9.17) is 10.2 Å². The van der Waals surface area contributed by atoms with Crippen molar-refractivity contribution in [3.63, 3.8) is 0 Å². The summed E-state index contributed by atoms with van der Waals surface area (Å²) in [6.45, 7) is 6.21. The van der Waals surface area contributed by atoms with E-state index in [9.17, 15) is 4.79 Å². The maximum absolute atomic E-state index is 11.3. The first-order chi connectivity index (χ1) is 7.33. The van der Waals surface area contributed by atoms with Crippen molar-refractivity contribution in [1.82, 2.24) is 0 Å². The van der Waals surface area contributed by atoms with Gasteiger partial charge >= 0.3 is 5.97 Å². The molecule has 0 spiro atoms. The third-order valence-electron chi connectivity index (χ3n) is 1.85. The molecule has 4 nitrogen and oxygen atoms in total. The topological polar surface area (TPSA) is 61.5 Å². The molecule has 0 radical (unpaired) electrons. The normalized spacial score (nSPS) is 11.0. The van der Waals surface area contributed by atoms with Gasteiger partial charge in [0.1, 0.15) is 5.75 Å². The Morgan fingerprint density at radius 3 is 2.38 bits per heavy atom. The van der Waals surface area contributed by atoms with Crippen LogP contribution in [-0.2, 0) is 4.74 Å². The minimum absolute atomic E-state index is 0.397. The number of ether oxygens (including phenoxy) is 1. The van der Waals surface area contributed by atoms with Gasteiger partial charge in [0.05, 0.1) is 18.4 Å². The molecule has 0 heterocycles. The van der Waals surface area contributed by atoms with Crippen molar-refractivity contribution >= 4 is 20.0 Å². The zero-order chi connectivity index (χ0) is 12.3. The molecule has 1 aromatic carbocycles. The number of nitrogens with two attached hydrogens (primary N) is 1. The van der Waals surface area contributed by atoms with Gasteiger partial charge in [0.15, 0.2) is 0 Å². The van der Waals surface area contributed by atoms with Crippen molar-refractivity contribution in [1.29, 1.82) is 0 Å². The predicted octanol–water partition coefficient (Wildman–Crippen LogP) is 2.27. The lowest BCUT2D eigenvalue weighted by atomic mass is 10.2. The number of benzene rings is 1. The largest absolute Gasteiger partial charge is 0.543 e. The van der Waals surface area contributed by atoms with Gasteiger partial charge in [-0.2, -0.15) is 0 Å². The number of anilines is 1. The van der Waals surface area contributed by atoms with Gasteiger partial charge in [-0.1, -0.05) is 0 Å². The standard InChI is InChI=1S/C11H17NO3Si/c1-14-11(13)8-5-6-10(9(12)7-8)15-16(2,3)4/h5-7H,12H2,1-4H3. The van der Waals surface area contributed by atoms with Crippen LogP contribution in [0.25, 0.3) is 0 Å². The first-order valence-electron chi connectivity index (χ1n) is 5.00. The van der Waals surface area contributed by atoms with Crippen molar-refractivity contribution in [3.8, 4) is 5.75 Å². The van der Waals surface area contributed by atoms with E-state index in [2.05, 4.69) is 24.4 Å². The Bertz CT molecular complexity index is 399. The Morgan fingerprint density at radius 2 is 1.94 bits per heavy atom. The van der Waals surface area contributed by atoms with Crippen LogP contribution in [0.2, 0.25) is 19.6 Å². The maximum Gasteiger partial charge on any atom is 0.337 e. The zero-order valence-corrected chi connectivity index (χ0v) is 11.0. The van der Waals surface area contributed by atoms with Gasteiger partial charge in [0.2, 0.25) is 8.32 Å². The van der Waals surface area contributed by atoms with Crippen molar-refractivity contribution in [2.24, 2.45) is 0 Å². The summed E-state index contributed by atoms with van der Waals surface area (Å²) in [5.41, 5.74) is 6.71. The second kappa shape index (κ2) is 4.57. The number of carbonyl (C=O) groups excluding carboxylic acids is 1. The molecular formula is C11H17NO3Si. The third-order valence-corrected chi connectivity index (χ3v) is 2.68. The molecule has 0 fully saturated rings. The highest BCUT2D eigenvalue weighted by Crippen LogP contribution is 2.25. The molecule has 0 amide bonds. The number of esters is 1. The van der Waals surface area contributed by atoms with Gasteiger partial charge in [-0.3, -0.25) is 0 Å². The smallest absolute Gasteiger partial charge is 0.337 e. The van der Waals surface area contributed by atoms with E-state index in [1.807, 2.05) is 0 Å². The van der Waals surface area contributed by atoms with E-state index in [0.29, 0.717) is 17.0 Å². The fourth-order valence-corrected chi connectivity index (χ4v) is 2.06. The molecule has 0 aliphatic carbocycles. The van der Waals surface area contributed by atoms with E-state index >= 15 is 0 Å². The van der Waals surface area contributed by atoms with Crippen LogP contribution in [0.5, 0.6) is 5.75 Å². The van der Waals surface area contributed by atoms with Crippen LogP contribution < -0.4 is 10.2 Å². The van der Waals surface area contributed by atoms with Gasteiger partial charge in [-0.15, -0.1) is 0 Å². The minimum atomic E-state index is -1.68. The van der Waals surface area contributed by atoms with Gasteiger partial charge in [-0.05, 0) is 37.8 Å². The monoisotopic (exact) mass is 239 g/mol. The van der Waals surface area contributed by atoms with Crippen LogP contribution in [0, 0.1) is 0 Å². The number of nitrogen functional groups attached to an aromatic ring is 1. The summed E-state index contributed by atoms with van der Waals surface area (Å²) in [7, 11) is -0.340. The van der Waals surface area contributed by atoms with E-state index in [-0.39, 0.29) is 0 Å². The summed E-state index contributed by atoms with van der Waals surface area (Å²) < 4.78 is 10.4. The molecule has 88 valence electrons. The lowest BCUT2D eigenvalue weighted by Gasteiger charge is -2.20. The van der Waals surface area contributed by atoms with Crippen LogP contribution in [0.15, 0.2) is 18.2 Å². The summed E-state index contributed by atoms with van der Waals surface area (Å²) in [5.74, 6) is 0.234. The van der Waals surface area contributed by atoms with Crippen molar-refractivity contribution < 1.29 is 14.0 Å². The molecular weight excluding hydrogens is 222 g/mol. The molecule has 16 heavy (non-hydrogen) atoms. The van der Waals surface area contributed by atoms with Crippen LogP contribution >= 0.6 is 0 Å². The summed E-state index contributed by atoms with van der Waals surface area (Å²) in [6, 6.07) is 4.93. The molecule has 5 heteroatoms. The predicted molar refractivity (Wildman–Crippen MR) is 66.2 cm³/mol. The molecule has 0 saturated heterocycles. The summed E-state index contributed by atoms with van der Waals surface area (Å²) >= 11 is 0. The Morgan fingerprint density at radius 1 is 1.31 bits per heavy atom. The van der Waals surface area contributed by atoms with Crippen LogP contribution in [0.1, 0.15) is 10.4 Å². The average molecular weight is 239 g/mol. The van der Waals surface area contributed by atoms with Crippen LogP contribution in [-0.4, -0.2) is 21.4 Å². The summed E-state index contributed by atoms with van der Waals surface area (Å²) in [5, 5.41) is 0. The average Bonchev–Trinajstić information content (AvgIpc) is 2.18. The third kappa shape index (κ3) is 3.27. The molecule has 0 aliphatic rings. The van der Waals surface area contributed by atoms with Crippen molar-refractivity contribution in [3.05, 3.63) is 23.8 Å². The SMILES string of the molecule is COC(=O)c1ccc(O[Si](C)(C)C)c(N)c1. The summed E-state index contributed by atoms with van der Waals surface area (Å²) in [6.07, 6.45) is 0. The Balaban J connectivity index is 2.96. The number of carbonyl (C=O) groups is 1. The van der Waals surface area contributed by atoms with Gasteiger partial charge in [-0.25, -0.2) is 4.79 Å².